The first-order chi connectivity index (χ1) is 14.2. The Morgan fingerprint density at radius 1 is 1.03 bits per heavy atom. The number of rotatable bonds is 6. The van der Waals surface area contributed by atoms with Crippen LogP contribution in [-0.4, -0.2) is 21.9 Å². The number of hydrogen-bond donors (Lipinski definition) is 2. The van der Waals surface area contributed by atoms with Gasteiger partial charge in [0.1, 0.15) is 0 Å². The Bertz CT molecular complexity index is 639. The number of allylic oxidation sites excluding steroid dienone is 1. The fourth-order valence-electron chi connectivity index (χ4n) is 8.61. The van der Waals surface area contributed by atoms with Gasteiger partial charge in [0.15, 0.2) is 0 Å². The molecule has 0 saturated heterocycles. The minimum atomic E-state index is -0.432. The van der Waals surface area contributed by atoms with Crippen LogP contribution in [0.2, 0.25) is 0 Å². The lowest BCUT2D eigenvalue weighted by molar-refractivity contribution is -0.0569. The van der Waals surface area contributed by atoms with Gasteiger partial charge in [0, 0.05) is 0 Å². The van der Waals surface area contributed by atoms with Crippen LogP contribution in [0.15, 0.2) is 11.6 Å². The maximum Gasteiger partial charge on any atom is 0.0682 e. The molecule has 4 aliphatic rings. The molecule has 4 aliphatic carbocycles. The fourth-order valence-corrected chi connectivity index (χ4v) is 8.61. The van der Waals surface area contributed by atoms with Crippen LogP contribution in [0, 0.1) is 46.8 Å². The first kappa shape index (κ1) is 22.8. The van der Waals surface area contributed by atoms with Gasteiger partial charge in [-0.25, -0.2) is 0 Å². The topological polar surface area (TPSA) is 40.5 Å². The van der Waals surface area contributed by atoms with Crippen molar-refractivity contribution in [2.75, 3.05) is 0 Å². The zero-order valence-corrected chi connectivity index (χ0v) is 20.4. The van der Waals surface area contributed by atoms with Crippen molar-refractivity contribution in [2.24, 2.45) is 46.8 Å². The largest absolute Gasteiger partial charge is 0.393 e. The molecule has 0 aliphatic heterocycles. The van der Waals surface area contributed by atoms with Gasteiger partial charge in [-0.15, -0.1) is 0 Å². The Balaban J connectivity index is 1.47. The van der Waals surface area contributed by atoms with Gasteiger partial charge in [-0.1, -0.05) is 46.3 Å². The van der Waals surface area contributed by atoms with E-state index in [2.05, 4.69) is 40.7 Å². The predicted molar refractivity (Wildman–Crippen MR) is 125 cm³/mol. The zero-order chi connectivity index (χ0) is 21.7. The SMILES string of the molecule is CC[C@]1(O)CC[C@H]2C(=CCC3[C@@H]2CC[C@]2(C)[C@@H]([C@H](C)[C@H](O)CCC(C)C)CC[C@@H]32)C1. The van der Waals surface area contributed by atoms with Crippen molar-refractivity contribution < 1.29 is 10.2 Å². The van der Waals surface area contributed by atoms with E-state index in [0.29, 0.717) is 23.2 Å². The molecule has 0 radical (unpaired) electrons. The third kappa shape index (κ3) is 3.94. The second-order valence-corrected chi connectivity index (χ2v) is 12.5. The zero-order valence-electron chi connectivity index (χ0n) is 20.4. The number of hydrogen-bond acceptors (Lipinski definition) is 2. The third-order valence-corrected chi connectivity index (χ3v) is 10.6. The van der Waals surface area contributed by atoms with Crippen LogP contribution in [0.25, 0.3) is 0 Å². The molecule has 9 atom stereocenters. The predicted octanol–water partition coefficient (Wildman–Crippen LogP) is 6.75. The Morgan fingerprint density at radius 2 is 1.80 bits per heavy atom. The number of aliphatic hydroxyl groups is 2. The Morgan fingerprint density at radius 3 is 2.50 bits per heavy atom. The van der Waals surface area contributed by atoms with Gasteiger partial charge in [0.25, 0.3) is 0 Å². The Kier molecular flexibility index (Phi) is 6.50. The smallest absolute Gasteiger partial charge is 0.0682 e. The normalized spacial score (nSPS) is 45.3. The molecule has 0 aromatic rings. The van der Waals surface area contributed by atoms with E-state index in [1.165, 1.54) is 38.5 Å². The summed E-state index contributed by atoms with van der Waals surface area (Å²) >= 11 is 0. The highest BCUT2D eigenvalue weighted by Crippen LogP contribution is 2.65. The molecule has 2 heteroatoms. The maximum absolute atomic E-state index is 11.0. The molecule has 0 aromatic heterocycles. The van der Waals surface area contributed by atoms with Crippen molar-refractivity contribution in [1.29, 1.82) is 0 Å². The maximum atomic E-state index is 11.0. The minimum Gasteiger partial charge on any atom is -0.393 e. The quantitative estimate of drug-likeness (QED) is 0.470. The molecule has 4 rings (SSSR count). The van der Waals surface area contributed by atoms with Gasteiger partial charge in [0.2, 0.25) is 0 Å². The summed E-state index contributed by atoms with van der Waals surface area (Å²) in [4.78, 5) is 0. The lowest BCUT2D eigenvalue weighted by Crippen LogP contribution is -2.48. The van der Waals surface area contributed by atoms with Crippen LogP contribution >= 0.6 is 0 Å². The molecule has 2 nitrogen and oxygen atoms in total. The summed E-state index contributed by atoms with van der Waals surface area (Å²) in [5.41, 5.74) is 1.59. The van der Waals surface area contributed by atoms with E-state index in [-0.39, 0.29) is 6.10 Å². The van der Waals surface area contributed by atoms with Crippen molar-refractivity contribution in [3.8, 4) is 0 Å². The highest BCUT2D eigenvalue weighted by molar-refractivity contribution is 5.22. The highest BCUT2D eigenvalue weighted by Gasteiger charge is 2.57. The molecule has 0 aromatic carbocycles. The average Bonchev–Trinajstić information content (AvgIpc) is 3.08. The van der Waals surface area contributed by atoms with Crippen LogP contribution in [0.5, 0.6) is 0 Å². The van der Waals surface area contributed by atoms with E-state index >= 15 is 0 Å². The standard InChI is InChI=1S/C28H48O2/c1-6-28(30)16-14-21-20(17-28)8-9-23-22(21)13-15-27(5)24(10-11-25(23)27)19(4)26(29)12-7-18(2)3/h8,18-19,21-26,29-30H,6-7,9-17H2,1-5H3/t19-,21-,22+,23?,24+,25-,26+,27+,28-/m0/s1. The molecule has 172 valence electrons. The number of aliphatic hydroxyl groups excluding tert-OH is 1. The first-order valence-electron chi connectivity index (χ1n) is 13.3. The summed E-state index contributed by atoms with van der Waals surface area (Å²) in [5, 5.41) is 21.8. The molecule has 3 fully saturated rings. The van der Waals surface area contributed by atoms with Crippen molar-refractivity contribution >= 4 is 0 Å². The summed E-state index contributed by atoms with van der Waals surface area (Å²) in [7, 11) is 0. The van der Waals surface area contributed by atoms with E-state index in [0.717, 1.165) is 55.8 Å². The molecule has 1 unspecified atom stereocenters. The highest BCUT2D eigenvalue weighted by atomic mass is 16.3. The molecule has 0 amide bonds. The molecule has 0 spiro atoms. The van der Waals surface area contributed by atoms with Gasteiger partial charge in [-0.3, -0.25) is 0 Å². The van der Waals surface area contributed by atoms with Gasteiger partial charge < -0.3 is 10.2 Å². The summed E-state index contributed by atoms with van der Waals surface area (Å²) in [5.74, 6) is 5.07. The van der Waals surface area contributed by atoms with Crippen molar-refractivity contribution in [3.63, 3.8) is 0 Å². The molecule has 30 heavy (non-hydrogen) atoms. The molecule has 2 N–H and O–H groups in total. The Hall–Kier alpha value is -0.340. The van der Waals surface area contributed by atoms with E-state index in [1.807, 2.05) is 0 Å². The van der Waals surface area contributed by atoms with E-state index < -0.39 is 5.60 Å². The molecular weight excluding hydrogens is 368 g/mol. The summed E-state index contributed by atoms with van der Waals surface area (Å²) in [6.45, 7) is 11.6. The van der Waals surface area contributed by atoms with Gasteiger partial charge in [-0.2, -0.15) is 0 Å². The van der Waals surface area contributed by atoms with Gasteiger partial charge >= 0.3 is 0 Å². The fraction of sp³-hybridized carbons (Fsp3) is 0.929. The lowest BCUT2D eigenvalue weighted by Gasteiger charge is -2.55. The van der Waals surface area contributed by atoms with E-state index in [4.69, 9.17) is 0 Å². The van der Waals surface area contributed by atoms with Crippen molar-refractivity contribution in [1.82, 2.24) is 0 Å². The first-order valence-corrected chi connectivity index (χ1v) is 13.3. The summed E-state index contributed by atoms with van der Waals surface area (Å²) < 4.78 is 0. The minimum absolute atomic E-state index is 0.131. The van der Waals surface area contributed by atoms with E-state index in [1.54, 1.807) is 5.57 Å². The Labute approximate surface area is 185 Å². The van der Waals surface area contributed by atoms with Gasteiger partial charge in [0.05, 0.1) is 11.7 Å². The third-order valence-electron chi connectivity index (χ3n) is 10.6. The lowest BCUT2D eigenvalue weighted by atomic mass is 9.50. The summed E-state index contributed by atoms with van der Waals surface area (Å²) in [6.07, 6.45) is 15.2. The molecule has 3 saturated carbocycles. The van der Waals surface area contributed by atoms with Crippen molar-refractivity contribution in [2.45, 2.75) is 117 Å². The molecule has 0 heterocycles. The van der Waals surface area contributed by atoms with Crippen LogP contribution in [0.1, 0.15) is 105 Å². The molecule has 0 bridgehead atoms. The van der Waals surface area contributed by atoms with Crippen LogP contribution in [0.4, 0.5) is 0 Å². The van der Waals surface area contributed by atoms with Crippen LogP contribution < -0.4 is 0 Å². The monoisotopic (exact) mass is 416 g/mol. The van der Waals surface area contributed by atoms with Gasteiger partial charge in [-0.05, 0) is 117 Å². The summed E-state index contributed by atoms with van der Waals surface area (Å²) in [6, 6.07) is 0. The molecular formula is C28H48O2. The van der Waals surface area contributed by atoms with Crippen molar-refractivity contribution in [3.05, 3.63) is 11.6 Å². The van der Waals surface area contributed by atoms with Crippen LogP contribution in [0.3, 0.4) is 0 Å². The second-order valence-electron chi connectivity index (χ2n) is 12.5. The number of fused-ring (bicyclic) bond motifs is 5. The van der Waals surface area contributed by atoms with E-state index in [9.17, 15) is 10.2 Å². The average molecular weight is 417 g/mol. The van der Waals surface area contributed by atoms with Crippen LogP contribution in [-0.2, 0) is 0 Å². The second kappa shape index (κ2) is 8.54.